The lowest BCUT2D eigenvalue weighted by molar-refractivity contribution is 0.221. The molecule has 0 atom stereocenters. The van der Waals surface area contributed by atoms with E-state index in [2.05, 4.69) is 34.0 Å². The second-order valence-corrected chi connectivity index (χ2v) is 5.82. The minimum atomic E-state index is 0.608. The zero-order valence-electron chi connectivity index (χ0n) is 9.77. The summed E-state index contributed by atoms with van der Waals surface area (Å²) in [6.45, 7) is 5.78. The first-order valence-corrected chi connectivity index (χ1v) is 6.94. The van der Waals surface area contributed by atoms with Crippen molar-refractivity contribution in [2.75, 3.05) is 31.6 Å². The van der Waals surface area contributed by atoms with E-state index in [9.17, 15) is 0 Å². The van der Waals surface area contributed by atoms with E-state index in [1.807, 2.05) is 0 Å². The Hall–Kier alpha value is -0.460. The standard InChI is InChI=1S/C10H18N4S2/c1-3-14-6-4-8(5-7-14)13(2)9-11-12-10(15)16-9/h8H,3-7H2,1-2H3,(H,12,15). The number of piperidine rings is 1. The van der Waals surface area contributed by atoms with Crippen molar-refractivity contribution in [3.63, 3.8) is 0 Å². The second kappa shape index (κ2) is 5.25. The van der Waals surface area contributed by atoms with Gasteiger partial charge in [0.2, 0.25) is 5.13 Å². The number of nitrogens with zero attached hydrogens (tertiary/aromatic N) is 3. The van der Waals surface area contributed by atoms with E-state index in [0.717, 1.165) is 15.6 Å². The number of nitrogens with one attached hydrogen (secondary N) is 1. The number of hydrogen-bond donors (Lipinski definition) is 1. The van der Waals surface area contributed by atoms with Crippen molar-refractivity contribution in [1.82, 2.24) is 15.1 Å². The first kappa shape index (κ1) is 12.0. The summed E-state index contributed by atoms with van der Waals surface area (Å²) in [4.78, 5) is 4.76. The molecular weight excluding hydrogens is 240 g/mol. The fraction of sp³-hybridized carbons (Fsp3) is 0.800. The molecular formula is C10H18N4S2. The quantitative estimate of drug-likeness (QED) is 0.842. The first-order chi connectivity index (χ1) is 7.70. The highest BCUT2D eigenvalue weighted by Gasteiger charge is 2.23. The average molecular weight is 258 g/mol. The monoisotopic (exact) mass is 258 g/mol. The van der Waals surface area contributed by atoms with Crippen LogP contribution in [0.25, 0.3) is 0 Å². The Balaban J connectivity index is 1.96. The van der Waals surface area contributed by atoms with Gasteiger partial charge in [-0.25, -0.2) is 0 Å². The molecule has 0 amide bonds. The smallest absolute Gasteiger partial charge is 0.206 e. The molecule has 1 saturated heterocycles. The fourth-order valence-corrected chi connectivity index (χ4v) is 3.06. The van der Waals surface area contributed by atoms with Crippen molar-refractivity contribution in [2.45, 2.75) is 25.8 Å². The van der Waals surface area contributed by atoms with E-state index in [4.69, 9.17) is 12.2 Å². The number of likely N-dealkylation sites (tertiary alicyclic amines) is 1. The van der Waals surface area contributed by atoms with E-state index >= 15 is 0 Å². The van der Waals surface area contributed by atoms with Gasteiger partial charge in [-0.1, -0.05) is 18.3 Å². The van der Waals surface area contributed by atoms with Crippen molar-refractivity contribution in [3.8, 4) is 0 Å². The molecule has 90 valence electrons. The van der Waals surface area contributed by atoms with Crippen LogP contribution in [0.1, 0.15) is 19.8 Å². The van der Waals surface area contributed by atoms with E-state index in [1.165, 1.54) is 25.9 Å². The highest BCUT2D eigenvalue weighted by molar-refractivity contribution is 7.73. The highest BCUT2D eigenvalue weighted by Crippen LogP contribution is 2.23. The minimum absolute atomic E-state index is 0.608. The summed E-state index contributed by atoms with van der Waals surface area (Å²) in [5.41, 5.74) is 0. The number of aromatic nitrogens is 2. The van der Waals surface area contributed by atoms with Crippen LogP contribution in [0.15, 0.2) is 0 Å². The van der Waals surface area contributed by atoms with Crippen LogP contribution in [0.5, 0.6) is 0 Å². The predicted molar refractivity (Wildman–Crippen MR) is 70.8 cm³/mol. The molecule has 1 aliphatic rings. The van der Waals surface area contributed by atoms with Crippen molar-refractivity contribution in [3.05, 3.63) is 3.95 Å². The molecule has 0 aliphatic carbocycles. The molecule has 1 fully saturated rings. The van der Waals surface area contributed by atoms with Crippen LogP contribution in [-0.4, -0.2) is 47.8 Å². The van der Waals surface area contributed by atoms with Crippen LogP contribution in [0.3, 0.4) is 0 Å². The van der Waals surface area contributed by atoms with E-state index in [-0.39, 0.29) is 0 Å². The third-order valence-electron chi connectivity index (χ3n) is 3.28. The van der Waals surface area contributed by atoms with Crippen LogP contribution < -0.4 is 4.90 Å². The van der Waals surface area contributed by atoms with Gasteiger partial charge in [-0.3, -0.25) is 5.10 Å². The molecule has 0 radical (unpaired) electrons. The summed E-state index contributed by atoms with van der Waals surface area (Å²) in [5, 5.41) is 8.09. The van der Waals surface area contributed by atoms with Gasteiger partial charge >= 0.3 is 0 Å². The number of H-pyrrole nitrogens is 1. The van der Waals surface area contributed by atoms with Gasteiger partial charge in [-0.2, -0.15) is 0 Å². The first-order valence-electron chi connectivity index (χ1n) is 5.71. The molecule has 1 aliphatic heterocycles. The molecule has 0 bridgehead atoms. The maximum atomic E-state index is 5.06. The molecule has 0 spiro atoms. The average Bonchev–Trinajstić information content (AvgIpc) is 2.75. The predicted octanol–water partition coefficient (Wildman–Crippen LogP) is 2.12. The van der Waals surface area contributed by atoms with Gasteiger partial charge in [0.25, 0.3) is 0 Å². The Bertz CT molecular complexity index is 378. The van der Waals surface area contributed by atoms with Crippen molar-refractivity contribution in [2.24, 2.45) is 0 Å². The van der Waals surface area contributed by atoms with Gasteiger partial charge in [-0.05, 0) is 31.6 Å². The van der Waals surface area contributed by atoms with Crippen LogP contribution >= 0.6 is 23.6 Å². The van der Waals surface area contributed by atoms with Gasteiger partial charge in [-0.15, -0.1) is 5.10 Å². The Morgan fingerprint density at radius 1 is 1.56 bits per heavy atom. The lowest BCUT2D eigenvalue weighted by Gasteiger charge is -2.35. The third kappa shape index (κ3) is 2.61. The minimum Gasteiger partial charge on any atom is -0.347 e. The maximum absolute atomic E-state index is 5.06. The molecule has 4 nitrogen and oxygen atoms in total. The van der Waals surface area contributed by atoms with E-state index in [0.29, 0.717) is 6.04 Å². The molecule has 0 aromatic carbocycles. The molecule has 6 heteroatoms. The van der Waals surface area contributed by atoms with Crippen LogP contribution in [-0.2, 0) is 0 Å². The summed E-state index contributed by atoms with van der Waals surface area (Å²) < 4.78 is 0.757. The summed E-state index contributed by atoms with van der Waals surface area (Å²) in [7, 11) is 2.12. The largest absolute Gasteiger partial charge is 0.347 e. The Kier molecular flexibility index (Phi) is 3.94. The molecule has 1 aromatic heterocycles. The van der Waals surface area contributed by atoms with Crippen LogP contribution in [0.2, 0.25) is 0 Å². The summed E-state index contributed by atoms with van der Waals surface area (Å²) in [5.74, 6) is 0. The van der Waals surface area contributed by atoms with Gasteiger partial charge in [0.1, 0.15) is 0 Å². The van der Waals surface area contributed by atoms with Gasteiger partial charge in [0, 0.05) is 26.2 Å². The molecule has 0 saturated carbocycles. The third-order valence-corrected chi connectivity index (χ3v) is 4.46. The SMILES string of the molecule is CCN1CCC(N(C)c2n[nH]c(=S)s2)CC1. The van der Waals surface area contributed by atoms with Crippen molar-refractivity contribution in [1.29, 1.82) is 0 Å². The molecule has 1 aromatic rings. The number of aromatic amines is 1. The van der Waals surface area contributed by atoms with Crippen molar-refractivity contribution < 1.29 is 0 Å². The van der Waals surface area contributed by atoms with Gasteiger partial charge < -0.3 is 9.80 Å². The van der Waals surface area contributed by atoms with Gasteiger partial charge in [0.15, 0.2) is 3.95 Å². The Morgan fingerprint density at radius 3 is 2.75 bits per heavy atom. The molecule has 2 heterocycles. The molecule has 2 rings (SSSR count). The second-order valence-electron chi connectivity index (χ2n) is 4.17. The van der Waals surface area contributed by atoms with Crippen LogP contribution in [0.4, 0.5) is 5.13 Å². The molecule has 1 N–H and O–H groups in total. The summed E-state index contributed by atoms with van der Waals surface area (Å²) >= 11 is 6.61. The highest BCUT2D eigenvalue weighted by atomic mass is 32.1. The topological polar surface area (TPSA) is 35.2 Å². The van der Waals surface area contributed by atoms with Crippen molar-refractivity contribution >= 4 is 28.7 Å². The van der Waals surface area contributed by atoms with Gasteiger partial charge in [0.05, 0.1) is 0 Å². The normalized spacial score (nSPS) is 18.9. The molecule has 16 heavy (non-hydrogen) atoms. The van der Waals surface area contributed by atoms with E-state index < -0.39 is 0 Å². The fourth-order valence-electron chi connectivity index (χ4n) is 2.15. The lowest BCUT2D eigenvalue weighted by Crippen LogP contribution is -2.43. The number of rotatable bonds is 3. The zero-order chi connectivity index (χ0) is 11.5. The number of anilines is 1. The lowest BCUT2D eigenvalue weighted by atomic mass is 10.0. The number of hydrogen-bond acceptors (Lipinski definition) is 5. The Labute approximate surface area is 105 Å². The summed E-state index contributed by atoms with van der Waals surface area (Å²) in [6, 6.07) is 0.608. The van der Waals surface area contributed by atoms with Crippen LogP contribution in [0, 0.1) is 3.95 Å². The maximum Gasteiger partial charge on any atom is 0.206 e. The van der Waals surface area contributed by atoms with E-state index in [1.54, 1.807) is 11.3 Å². The molecule has 0 unspecified atom stereocenters. The Morgan fingerprint density at radius 2 is 2.25 bits per heavy atom. The zero-order valence-corrected chi connectivity index (χ0v) is 11.4. The summed E-state index contributed by atoms with van der Waals surface area (Å²) in [6.07, 6.45) is 2.44.